The van der Waals surface area contributed by atoms with Crippen molar-refractivity contribution < 1.29 is 18.7 Å². The van der Waals surface area contributed by atoms with Gasteiger partial charge in [0.2, 0.25) is 0 Å². The van der Waals surface area contributed by atoms with Crippen LogP contribution in [0.4, 0.5) is 4.39 Å². The lowest BCUT2D eigenvalue weighted by Gasteiger charge is -2.32. The second-order valence-corrected chi connectivity index (χ2v) is 9.29. The van der Waals surface area contributed by atoms with E-state index in [0.717, 1.165) is 24.8 Å². The lowest BCUT2D eigenvalue weighted by Crippen LogP contribution is -2.39. The first kappa shape index (κ1) is 24.6. The van der Waals surface area contributed by atoms with Gasteiger partial charge in [0.15, 0.2) is 0 Å². The number of ether oxygens (including phenoxy) is 2. The number of halogens is 1. The maximum absolute atomic E-state index is 13.8. The molecule has 4 aromatic rings. The van der Waals surface area contributed by atoms with Crippen molar-refractivity contribution in [3.05, 3.63) is 95.9 Å². The van der Waals surface area contributed by atoms with Crippen molar-refractivity contribution in [3.8, 4) is 28.4 Å². The van der Waals surface area contributed by atoms with Crippen LogP contribution in [0, 0.1) is 11.7 Å². The summed E-state index contributed by atoms with van der Waals surface area (Å²) < 4.78 is 26.1. The van der Waals surface area contributed by atoms with E-state index in [-0.39, 0.29) is 11.7 Å². The number of amides is 1. The first-order valence-electron chi connectivity index (χ1n) is 12.5. The van der Waals surface area contributed by atoms with Crippen molar-refractivity contribution in [1.82, 2.24) is 14.7 Å². The maximum atomic E-state index is 13.8. The number of hydrogen-bond acceptors (Lipinski definition) is 4. The lowest BCUT2D eigenvalue weighted by atomic mass is 9.90. The van der Waals surface area contributed by atoms with Gasteiger partial charge in [0.1, 0.15) is 23.0 Å². The fraction of sp³-hybridized carbons (Fsp3) is 0.267. The molecule has 0 atom stereocenters. The van der Waals surface area contributed by atoms with Crippen molar-refractivity contribution in [3.63, 3.8) is 0 Å². The van der Waals surface area contributed by atoms with Gasteiger partial charge < -0.3 is 14.4 Å². The normalized spacial score (nSPS) is 14.0. The summed E-state index contributed by atoms with van der Waals surface area (Å²) in [6.45, 7) is 1.37. The second kappa shape index (κ2) is 10.9. The van der Waals surface area contributed by atoms with Gasteiger partial charge in [0.25, 0.3) is 5.91 Å². The Kier molecular flexibility index (Phi) is 7.21. The standard InChI is InChI=1S/C30H30FN3O3/c1-36-25-12-13-26(29(19-25)37-2)27-20-28(34(32-27)24-10-8-23(31)9-11-24)30(35)33-16-14-22(15-17-33)18-21-6-4-3-5-7-21/h3-13,19-20,22H,14-18H2,1-2H3. The molecule has 0 radical (unpaired) electrons. The maximum Gasteiger partial charge on any atom is 0.272 e. The van der Waals surface area contributed by atoms with Crippen LogP contribution >= 0.6 is 0 Å². The van der Waals surface area contributed by atoms with E-state index in [1.54, 1.807) is 43.2 Å². The van der Waals surface area contributed by atoms with Crippen LogP contribution in [0.2, 0.25) is 0 Å². The first-order chi connectivity index (χ1) is 18.1. The summed E-state index contributed by atoms with van der Waals surface area (Å²) in [5.41, 5.74) is 3.70. The Morgan fingerprint density at radius 2 is 1.68 bits per heavy atom. The summed E-state index contributed by atoms with van der Waals surface area (Å²) in [5.74, 6) is 1.36. The highest BCUT2D eigenvalue weighted by atomic mass is 19.1. The molecule has 1 aliphatic heterocycles. The topological polar surface area (TPSA) is 56.6 Å². The number of likely N-dealkylation sites (tertiary alicyclic amines) is 1. The van der Waals surface area contributed by atoms with E-state index in [0.29, 0.717) is 47.6 Å². The van der Waals surface area contributed by atoms with Crippen LogP contribution in [0.3, 0.4) is 0 Å². The molecule has 7 heteroatoms. The third kappa shape index (κ3) is 5.35. The van der Waals surface area contributed by atoms with Crippen LogP contribution in [0.25, 0.3) is 16.9 Å². The molecule has 1 fully saturated rings. The minimum absolute atomic E-state index is 0.0892. The molecular formula is C30H30FN3O3. The molecule has 37 heavy (non-hydrogen) atoms. The van der Waals surface area contributed by atoms with E-state index in [2.05, 4.69) is 24.3 Å². The molecular weight excluding hydrogens is 469 g/mol. The quantitative estimate of drug-likeness (QED) is 0.323. The van der Waals surface area contributed by atoms with Gasteiger partial charge in [-0.1, -0.05) is 30.3 Å². The zero-order valence-electron chi connectivity index (χ0n) is 21.1. The summed E-state index contributed by atoms with van der Waals surface area (Å²) in [5, 5.41) is 4.76. The number of benzene rings is 3. The Balaban J connectivity index is 1.43. The number of carbonyl (C=O) groups excluding carboxylic acids is 1. The van der Waals surface area contributed by atoms with Gasteiger partial charge in [0.05, 0.1) is 25.6 Å². The minimum Gasteiger partial charge on any atom is -0.497 e. The summed E-state index contributed by atoms with van der Waals surface area (Å²) in [4.78, 5) is 15.7. The lowest BCUT2D eigenvalue weighted by molar-refractivity contribution is 0.0681. The van der Waals surface area contributed by atoms with Crippen LogP contribution in [-0.2, 0) is 6.42 Å². The molecule has 3 aromatic carbocycles. The van der Waals surface area contributed by atoms with E-state index in [1.165, 1.54) is 17.7 Å². The number of rotatable bonds is 7. The molecule has 1 aromatic heterocycles. The molecule has 0 bridgehead atoms. The zero-order valence-corrected chi connectivity index (χ0v) is 21.1. The zero-order chi connectivity index (χ0) is 25.8. The average Bonchev–Trinajstić information content (AvgIpc) is 3.39. The van der Waals surface area contributed by atoms with Gasteiger partial charge in [0, 0.05) is 24.7 Å². The molecule has 0 spiro atoms. The molecule has 2 heterocycles. The van der Waals surface area contributed by atoms with Crippen LogP contribution in [-0.4, -0.2) is 47.9 Å². The van der Waals surface area contributed by atoms with Gasteiger partial charge in [-0.25, -0.2) is 9.07 Å². The Hall–Kier alpha value is -4.13. The number of piperidine rings is 1. The number of nitrogens with zero attached hydrogens (tertiary/aromatic N) is 3. The Bertz CT molecular complexity index is 1360. The molecule has 0 aliphatic carbocycles. The molecule has 0 unspecified atom stereocenters. The van der Waals surface area contributed by atoms with E-state index in [1.807, 2.05) is 23.1 Å². The molecule has 1 aliphatic rings. The summed E-state index contributed by atoms with van der Waals surface area (Å²) in [6.07, 6.45) is 2.92. The largest absolute Gasteiger partial charge is 0.497 e. The molecule has 190 valence electrons. The molecule has 1 amide bonds. The van der Waals surface area contributed by atoms with Gasteiger partial charge >= 0.3 is 0 Å². The third-order valence-electron chi connectivity index (χ3n) is 6.95. The molecule has 5 rings (SSSR count). The van der Waals surface area contributed by atoms with Gasteiger partial charge in [-0.3, -0.25) is 4.79 Å². The van der Waals surface area contributed by atoms with Crippen molar-refractivity contribution in [2.75, 3.05) is 27.3 Å². The van der Waals surface area contributed by atoms with Crippen LogP contribution in [0.15, 0.2) is 78.9 Å². The van der Waals surface area contributed by atoms with E-state index < -0.39 is 0 Å². The summed E-state index contributed by atoms with van der Waals surface area (Å²) in [6, 6.07) is 23.7. The predicted molar refractivity (Wildman–Crippen MR) is 141 cm³/mol. The highest BCUT2D eigenvalue weighted by molar-refractivity contribution is 5.94. The molecule has 0 N–H and O–H groups in total. The number of aromatic nitrogens is 2. The first-order valence-corrected chi connectivity index (χ1v) is 12.5. The van der Waals surface area contributed by atoms with Crippen LogP contribution < -0.4 is 9.47 Å². The fourth-order valence-electron chi connectivity index (χ4n) is 4.90. The van der Waals surface area contributed by atoms with E-state index >= 15 is 0 Å². The summed E-state index contributed by atoms with van der Waals surface area (Å²) in [7, 11) is 3.18. The molecule has 1 saturated heterocycles. The number of hydrogen-bond donors (Lipinski definition) is 0. The smallest absolute Gasteiger partial charge is 0.272 e. The number of methoxy groups -OCH3 is 2. The Labute approximate surface area is 216 Å². The highest BCUT2D eigenvalue weighted by Gasteiger charge is 2.28. The second-order valence-electron chi connectivity index (χ2n) is 9.29. The summed E-state index contributed by atoms with van der Waals surface area (Å²) >= 11 is 0. The van der Waals surface area contributed by atoms with Crippen LogP contribution in [0.1, 0.15) is 28.9 Å². The van der Waals surface area contributed by atoms with E-state index in [9.17, 15) is 9.18 Å². The monoisotopic (exact) mass is 499 g/mol. The fourth-order valence-corrected chi connectivity index (χ4v) is 4.90. The average molecular weight is 500 g/mol. The molecule has 6 nitrogen and oxygen atoms in total. The van der Waals surface area contributed by atoms with Gasteiger partial charge in [-0.2, -0.15) is 5.10 Å². The Morgan fingerprint density at radius 1 is 0.946 bits per heavy atom. The molecule has 0 saturated carbocycles. The Morgan fingerprint density at radius 3 is 2.35 bits per heavy atom. The third-order valence-corrected chi connectivity index (χ3v) is 6.95. The van der Waals surface area contributed by atoms with Crippen molar-refractivity contribution >= 4 is 5.91 Å². The SMILES string of the molecule is COc1ccc(-c2cc(C(=O)N3CCC(Cc4ccccc4)CC3)n(-c3ccc(F)cc3)n2)c(OC)c1. The van der Waals surface area contributed by atoms with Gasteiger partial charge in [-0.15, -0.1) is 0 Å². The van der Waals surface area contributed by atoms with Crippen molar-refractivity contribution in [2.45, 2.75) is 19.3 Å². The van der Waals surface area contributed by atoms with Gasteiger partial charge in [-0.05, 0) is 73.2 Å². The number of carbonyl (C=O) groups is 1. The van der Waals surface area contributed by atoms with Crippen molar-refractivity contribution in [1.29, 1.82) is 0 Å². The highest BCUT2D eigenvalue weighted by Crippen LogP contribution is 2.34. The van der Waals surface area contributed by atoms with E-state index in [4.69, 9.17) is 14.6 Å². The van der Waals surface area contributed by atoms with Crippen molar-refractivity contribution in [2.24, 2.45) is 5.92 Å². The minimum atomic E-state index is -0.346. The predicted octanol–water partition coefficient (Wildman–Crippen LogP) is 5.79. The van der Waals surface area contributed by atoms with Crippen LogP contribution in [0.5, 0.6) is 11.5 Å².